The predicted octanol–water partition coefficient (Wildman–Crippen LogP) is 5.71. The average Bonchev–Trinajstić information content (AvgIpc) is 3.26. The van der Waals surface area contributed by atoms with Crippen LogP contribution in [0.25, 0.3) is 0 Å². The predicted molar refractivity (Wildman–Crippen MR) is 141 cm³/mol. The highest BCUT2D eigenvalue weighted by Gasteiger charge is 2.50. The van der Waals surface area contributed by atoms with E-state index in [-0.39, 0.29) is 23.2 Å². The number of amides is 2. The van der Waals surface area contributed by atoms with E-state index < -0.39 is 29.8 Å². The Kier molecular flexibility index (Phi) is 10.4. The van der Waals surface area contributed by atoms with E-state index in [1.807, 2.05) is 6.07 Å². The van der Waals surface area contributed by atoms with Crippen molar-refractivity contribution >= 4 is 17.7 Å². The number of carboxylic acid groups (broad SMARTS) is 1. The molecule has 1 saturated carbocycles. The van der Waals surface area contributed by atoms with Crippen molar-refractivity contribution in [1.82, 2.24) is 10.2 Å². The van der Waals surface area contributed by atoms with E-state index in [1.165, 1.54) is 11.6 Å². The number of alkyl halides is 3. The summed E-state index contributed by atoms with van der Waals surface area (Å²) in [5.74, 6) is -3.18. The molecule has 13 heteroatoms. The van der Waals surface area contributed by atoms with Crippen LogP contribution < -0.4 is 20.1 Å². The van der Waals surface area contributed by atoms with Crippen LogP contribution in [0.3, 0.4) is 0 Å². The second-order valence-electron chi connectivity index (χ2n) is 10.1. The Hall–Kier alpha value is -3.61. The Bertz CT molecular complexity index is 1230. The molecule has 1 saturated heterocycles. The molecular weight excluding hydrogens is 553 g/mol. The number of hydrogen-bond acceptors (Lipinski definition) is 5. The summed E-state index contributed by atoms with van der Waals surface area (Å²) in [6, 6.07) is 9.43. The van der Waals surface area contributed by atoms with Crippen LogP contribution >= 0.6 is 0 Å². The summed E-state index contributed by atoms with van der Waals surface area (Å²) in [6.45, 7) is 3.69. The maximum absolute atomic E-state index is 13.5. The van der Waals surface area contributed by atoms with E-state index in [2.05, 4.69) is 41.6 Å². The molecular formula is C28H34F5N3O5. The van der Waals surface area contributed by atoms with Gasteiger partial charge < -0.3 is 30.1 Å². The van der Waals surface area contributed by atoms with Gasteiger partial charge in [-0.3, -0.25) is 0 Å². The SMILES string of the molecule is CCCOc1cc([C@@]23CC[C@@H](NC(=O)Nc4ccc(F)c(F)c4)C[C@@H]2N(C)CC3)ccc1OC.O=C(O)C(F)(F)F. The average molecular weight is 588 g/mol. The summed E-state index contributed by atoms with van der Waals surface area (Å²) in [5.41, 5.74) is 1.45. The van der Waals surface area contributed by atoms with Gasteiger partial charge in [-0.25, -0.2) is 18.4 Å². The lowest BCUT2D eigenvalue weighted by Crippen LogP contribution is -2.52. The fourth-order valence-electron chi connectivity index (χ4n) is 5.49. The zero-order chi connectivity index (χ0) is 30.4. The number of carbonyl (C=O) groups is 2. The maximum Gasteiger partial charge on any atom is 0.490 e. The van der Waals surface area contributed by atoms with Gasteiger partial charge in [-0.05, 0) is 75.5 Å². The van der Waals surface area contributed by atoms with Crippen molar-refractivity contribution in [3.8, 4) is 11.5 Å². The van der Waals surface area contributed by atoms with Crippen molar-refractivity contribution in [3.05, 3.63) is 53.6 Å². The molecule has 0 spiro atoms. The number of likely N-dealkylation sites (N-methyl/N-ethyl adjacent to an activating group) is 1. The minimum absolute atomic E-state index is 0.0138. The van der Waals surface area contributed by atoms with Gasteiger partial charge in [0, 0.05) is 29.3 Å². The van der Waals surface area contributed by atoms with Crippen molar-refractivity contribution in [2.75, 3.05) is 32.6 Å². The fraction of sp³-hybridized carbons (Fsp3) is 0.500. The molecule has 2 aromatic rings. The van der Waals surface area contributed by atoms with Crippen molar-refractivity contribution in [2.24, 2.45) is 0 Å². The molecule has 2 aliphatic rings. The summed E-state index contributed by atoms with van der Waals surface area (Å²) in [6.07, 6.45) is -0.561. The van der Waals surface area contributed by atoms with E-state index in [9.17, 15) is 26.7 Å². The lowest BCUT2D eigenvalue weighted by molar-refractivity contribution is -0.192. The first-order chi connectivity index (χ1) is 19.3. The molecule has 2 amide bonds. The quantitative estimate of drug-likeness (QED) is 0.359. The Labute approximate surface area is 234 Å². The second kappa shape index (κ2) is 13.4. The summed E-state index contributed by atoms with van der Waals surface area (Å²) in [7, 11) is 3.79. The van der Waals surface area contributed by atoms with Gasteiger partial charge in [-0.15, -0.1) is 0 Å². The van der Waals surface area contributed by atoms with E-state index in [1.54, 1.807) is 7.11 Å². The van der Waals surface area contributed by atoms with Gasteiger partial charge in [0.1, 0.15) is 0 Å². The van der Waals surface area contributed by atoms with Gasteiger partial charge in [0.2, 0.25) is 0 Å². The minimum atomic E-state index is -5.08. The summed E-state index contributed by atoms with van der Waals surface area (Å²) in [4.78, 5) is 23.8. The van der Waals surface area contributed by atoms with Gasteiger partial charge in [0.25, 0.3) is 0 Å². The van der Waals surface area contributed by atoms with Crippen LogP contribution in [0.1, 0.15) is 44.6 Å². The number of fused-ring (bicyclic) bond motifs is 1. The number of likely N-dealkylation sites (tertiary alicyclic amines) is 1. The second-order valence-corrected chi connectivity index (χ2v) is 10.1. The first-order valence-corrected chi connectivity index (χ1v) is 13.1. The van der Waals surface area contributed by atoms with Crippen LogP contribution in [0.5, 0.6) is 11.5 Å². The highest BCUT2D eigenvalue weighted by Crippen LogP contribution is 2.50. The monoisotopic (exact) mass is 587 g/mol. The zero-order valence-electron chi connectivity index (χ0n) is 23.0. The minimum Gasteiger partial charge on any atom is -0.493 e. The third-order valence-corrected chi connectivity index (χ3v) is 7.48. The van der Waals surface area contributed by atoms with Gasteiger partial charge in [0.05, 0.1) is 13.7 Å². The molecule has 1 aliphatic carbocycles. The van der Waals surface area contributed by atoms with Crippen LogP contribution in [-0.4, -0.2) is 67.6 Å². The van der Waals surface area contributed by atoms with Crippen molar-refractivity contribution in [1.29, 1.82) is 0 Å². The Morgan fingerprint density at radius 1 is 1.10 bits per heavy atom. The number of benzene rings is 2. The molecule has 1 heterocycles. The van der Waals surface area contributed by atoms with Crippen molar-refractivity contribution in [3.63, 3.8) is 0 Å². The number of ether oxygens (including phenoxy) is 2. The number of anilines is 1. The summed E-state index contributed by atoms with van der Waals surface area (Å²) >= 11 is 0. The molecule has 2 fully saturated rings. The third-order valence-electron chi connectivity index (χ3n) is 7.48. The molecule has 0 radical (unpaired) electrons. The number of methoxy groups -OCH3 is 1. The van der Waals surface area contributed by atoms with E-state index in [0.29, 0.717) is 6.61 Å². The van der Waals surface area contributed by atoms with E-state index in [4.69, 9.17) is 19.4 Å². The summed E-state index contributed by atoms with van der Waals surface area (Å²) in [5, 5.41) is 12.8. The Balaban J connectivity index is 0.000000587. The smallest absolute Gasteiger partial charge is 0.490 e. The molecule has 2 aromatic carbocycles. The van der Waals surface area contributed by atoms with Gasteiger partial charge in [0.15, 0.2) is 23.1 Å². The summed E-state index contributed by atoms with van der Waals surface area (Å²) < 4.78 is 69.8. The van der Waals surface area contributed by atoms with Gasteiger partial charge in [-0.2, -0.15) is 13.2 Å². The number of carboxylic acids is 1. The normalized spacial score (nSPS) is 22.1. The molecule has 3 N–H and O–H groups in total. The molecule has 0 aromatic heterocycles. The highest BCUT2D eigenvalue weighted by molar-refractivity contribution is 5.89. The first kappa shape index (κ1) is 31.9. The molecule has 4 rings (SSSR count). The highest BCUT2D eigenvalue weighted by atomic mass is 19.4. The van der Waals surface area contributed by atoms with Gasteiger partial charge >= 0.3 is 18.2 Å². The van der Waals surface area contributed by atoms with E-state index in [0.717, 1.165) is 62.3 Å². The van der Waals surface area contributed by atoms with Crippen LogP contribution in [-0.2, 0) is 10.2 Å². The zero-order valence-corrected chi connectivity index (χ0v) is 23.0. The largest absolute Gasteiger partial charge is 0.493 e. The van der Waals surface area contributed by atoms with Crippen molar-refractivity contribution in [2.45, 2.75) is 62.7 Å². The van der Waals surface area contributed by atoms with Gasteiger partial charge in [-0.1, -0.05) is 13.0 Å². The third kappa shape index (κ3) is 7.78. The van der Waals surface area contributed by atoms with Crippen LogP contribution in [0.15, 0.2) is 36.4 Å². The van der Waals surface area contributed by atoms with Crippen LogP contribution in [0, 0.1) is 11.6 Å². The first-order valence-electron chi connectivity index (χ1n) is 13.1. The molecule has 41 heavy (non-hydrogen) atoms. The number of rotatable bonds is 7. The van der Waals surface area contributed by atoms with Crippen LogP contribution in [0.2, 0.25) is 0 Å². The number of nitrogens with zero attached hydrogens (tertiary/aromatic N) is 1. The molecule has 3 atom stereocenters. The van der Waals surface area contributed by atoms with Crippen molar-refractivity contribution < 1.29 is 46.1 Å². The number of carbonyl (C=O) groups excluding carboxylic acids is 1. The molecule has 0 bridgehead atoms. The molecule has 0 unspecified atom stereocenters. The fourth-order valence-corrected chi connectivity index (χ4v) is 5.49. The topological polar surface area (TPSA) is 100 Å². The standard InChI is InChI=1S/C26H33F2N3O3.C2HF3O2/c1-4-13-34-23-14-17(5-8-22(23)33-3)26-10-9-19(16-24(26)31(2)12-11-26)30-25(32)29-18-6-7-20(27)21(28)15-18;3-2(4,5)1(6)7/h5-8,14-15,19,24H,4,9-13,16H2,1-3H3,(H2,29,30,32);(H,6,7)/t19-,24+,26+;/m1./s1. The van der Waals surface area contributed by atoms with Crippen LogP contribution in [0.4, 0.5) is 32.4 Å². The number of urea groups is 1. The number of nitrogens with one attached hydrogen (secondary N) is 2. The number of hydrogen-bond donors (Lipinski definition) is 3. The lowest BCUT2D eigenvalue weighted by Gasteiger charge is -2.45. The molecule has 226 valence electrons. The number of aliphatic carboxylic acids is 1. The Morgan fingerprint density at radius 2 is 1.80 bits per heavy atom. The number of halogens is 5. The molecule has 1 aliphatic heterocycles. The molecule has 8 nitrogen and oxygen atoms in total. The maximum atomic E-state index is 13.5. The van der Waals surface area contributed by atoms with E-state index >= 15 is 0 Å². The Morgan fingerprint density at radius 3 is 2.41 bits per heavy atom. The lowest BCUT2D eigenvalue weighted by atomic mass is 9.65.